The highest BCUT2D eigenvalue weighted by molar-refractivity contribution is 6.32. The Labute approximate surface area is 123 Å². The van der Waals surface area contributed by atoms with Crippen molar-refractivity contribution in [1.82, 2.24) is 0 Å². The van der Waals surface area contributed by atoms with Gasteiger partial charge in [0.15, 0.2) is 11.6 Å². The third-order valence-corrected chi connectivity index (χ3v) is 3.12. The third kappa shape index (κ3) is 3.95. The third-order valence-electron chi connectivity index (χ3n) is 2.84. The molecule has 1 atom stereocenters. The molecule has 0 saturated heterocycles. The van der Waals surface area contributed by atoms with Crippen LogP contribution in [0.2, 0.25) is 5.02 Å². The van der Waals surface area contributed by atoms with Gasteiger partial charge in [0.1, 0.15) is 6.61 Å². The van der Waals surface area contributed by atoms with E-state index in [4.69, 9.17) is 22.1 Å². The molecule has 2 N–H and O–H groups in total. The fraction of sp³-hybridized carbons (Fsp3) is 0.250. The Hall–Kier alpha value is -1.58. The molecule has 0 aliphatic carbocycles. The van der Waals surface area contributed by atoms with Crippen molar-refractivity contribution in [2.45, 2.75) is 26.0 Å². The highest BCUT2D eigenvalue weighted by Crippen LogP contribution is 2.30. The first-order valence-corrected chi connectivity index (χ1v) is 6.84. The minimum atomic E-state index is -0.455. The number of hydrogen-bond acceptors (Lipinski definition) is 2. The minimum Gasteiger partial charge on any atom is -0.484 e. The normalized spacial score (nSPS) is 12.2. The Morgan fingerprint density at radius 2 is 1.90 bits per heavy atom. The SMILES string of the molecule is CC(N)Cc1cc(F)c(OCc2ccccc2)c(Cl)c1. The number of ether oxygens (including phenoxy) is 1. The lowest BCUT2D eigenvalue weighted by Crippen LogP contribution is -2.17. The Morgan fingerprint density at radius 1 is 1.20 bits per heavy atom. The maximum atomic E-state index is 14.0. The maximum absolute atomic E-state index is 14.0. The highest BCUT2D eigenvalue weighted by Gasteiger charge is 2.12. The quantitative estimate of drug-likeness (QED) is 0.906. The molecule has 0 amide bonds. The van der Waals surface area contributed by atoms with Crippen LogP contribution in [0.4, 0.5) is 4.39 Å². The first-order valence-electron chi connectivity index (χ1n) is 6.46. The molecule has 0 bridgehead atoms. The summed E-state index contributed by atoms with van der Waals surface area (Å²) in [6.07, 6.45) is 0.579. The predicted octanol–water partition coefficient (Wildman–Crippen LogP) is 3.95. The van der Waals surface area contributed by atoms with Crippen molar-refractivity contribution in [3.8, 4) is 5.75 Å². The Kier molecular flexibility index (Phi) is 4.99. The van der Waals surface area contributed by atoms with E-state index in [0.29, 0.717) is 6.42 Å². The molecule has 2 nitrogen and oxygen atoms in total. The molecule has 20 heavy (non-hydrogen) atoms. The number of rotatable bonds is 5. The van der Waals surface area contributed by atoms with Crippen molar-refractivity contribution in [3.63, 3.8) is 0 Å². The molecule has 0 fully saturated rings. The zero-order valence-electron chi connectivity index (χ0n) is 11.3. The van der Waals surface area contributed by atoms with Gasteiger partial charge >= 0.3 is 0 Å². The number of halogens is 2. The van der Waals surface area contributed by atoms with Gasteiger partial charge in [-0.15, -0.1) is 0 Å². The van der Waals surface area contributed by atoms with E-state index in [0.717, 1.165) is 11.1 Å². The summed E-state index contributed by atoms with van der Waals surface area (Å²) in [5.74, 6) is -0.368. The van der Waals surface area contributed by atoms with E-state index in [1.807, 2.05) is 37.3 Å². The van der Waals surface area contributed by atoms with Crippen molar-refractivity contribution in [1.29, 1.82) is 0 Å². The lowest BCUT2D eigenvalue weighted by molar-refractivity contribution is 0.290. The highest BCUT2D eigenvalue weighted by atomic mass is 35.5. The lowest BCUT2D eigenvalue weighted by Gasteiger charge is -2.12. The van der Waals surface area contributed by atoms with Crippen LogP contribution < -0.4 is 10.5 Å². The minimum absolute atomic E-state index is 0.0402. The van der Waals surface area contributed by atoms with Gasteiger partial charge in [0, 0.05) is 6.04 Å². The van der Waals surface area contributed by atoms with E-state index in [9.17, 15) is 4.39 Å². The molecule has 2 aromatic rings. The van der Waals surface area contributed by atoms with Crippen LogP contribution in [0.5, 0.6) is 5.75 Å². The fourth-order valence-electron chi connectivity index (χ4n) is 1.97. The van der Waals surface area contributed by atoms with Crippen molar-refractivity contribution in [2.24, 2.45) is 5.73 Å². The topological polar surface area (TPSA) is 35.2 Å². The molecular weight excluding hydrogens is 277 g/mol. The van der Waals surface area contributed by atoms with Gasteiger partial charge in [-0.3, -0.25) is 0 Å². The van der Waals surface area contributed by atoms with E-state index in [1.165, 1.54) is 6.07 Å². The number of nitrogens with two attached hydrogens (primary N) is 1. The lowest BCUT2D eigenvalue weighted by atomic mass is 10.1. The van der Waals surface area contributed by atoms with Gasteiger partial charge in [-0.1, -0.05) is 41.9 Å². The number of benzene rings is 2. The van der Waals surface area contributed by atoms with Gasteiger partial charge in [0.25, 0.3) is 0 Å². The molecule has 0 aliphatic heterocycles. The molecule has 0 saturated carbocycles. The van der Waals surface area contributed by atoms with Crippen LogP contribution in [0, 0.1) is 5.82 Å². The Morgan fingerprint density at radius 3 is 2.50 bits per heavy atom. The van der Waals surface area contributed by atoms with Crippen LogP contribution in [-0.2, 0) is 13.0 Å². The summed E-state index contributed by atoms with van der Waals surface area (Å²) in [6.45, 7) is 2.15. The molecule has 2 rings (SSSR count). The monoisotopic (exact) mass is 293 g/mol. The van der Waals surface area contributed by atoms with Crippen LogP contribution in [0.25, 0.3) is 0 Å². The first kappa shape index (κ1) is 14.8. The van der Waals surface area contributed by atoms with E-state index in [2.05, 4.69) is 0 Å². The second kappa shape index (κ2) is 6.73. The average molecular weight is 294 g/mol. The summed E-state index contributed by atoms with van der Waals surface area (Å²) in [5, 5.41) is 0.275. The van der Waals surface area contributed by atoms with Crippen LogP contribution in [0.3, 0.4) is 0 Å². The summed E-state index contributed by atoms with van der Waals surface area (Å²) in [5.41, 5.74) is 7.43. The first-order chi connectivity index (χ1) is 9.56. The summed E-state index contributed by atoms with van der Waals surface area (Å²) in [7, 11) is 0. The average Bonchev–Trinajstić information content (AvgIpc) is 2.38. The molecule has 0 spiro atoms. The van der Waals surface area contributed by atoms with E-state index in [1.54, 1.807) is 6.07 Å². The maximum Gasteiger partial charge on any atom is 0.174 e. The summed E-state index contributed by atoms with van der Waals surface area (Å²) < 4.78 is 19.5. The largest absolute Gasteiger partial charge is 0.484 e. The summed E-state index contributed by atoms with van der Waals surface area (Å²) in [4.78, 5) is 0. The van der Waals surface area contributed by atoms with Gasteiger partial charge < -0.3 is 10.5 Å². The smallest absolute Gasteiger partial charge is 0.174 e. The van der Waals surface area contributed by atoms with Gasteiger partial charge in [0.05, 0.1) is 5.02 Å². The van der Waals surface area contributed by atoms with Crippen LogP contribution in [-0.4, -0.2) is 6.04 Å². The van der Waals surface area contributed by atoms with E-state index in [-0.39, 0.29) is 23.4 Å². The molecule has 0 aromatic heterocycles. The summed E-state index contributed by atoms with van der Waals surface area (Å²) >= 11 is 6.08. The zero-order valence-corrected chi connectivity index (χ0v) is 12.0. The zero-order chi connectivity index (χ0) is 14.5. The molecule has 1 unspecified atom stereocenters. The van der Waals surface area contributed by atoms with Crippen molar-refractivity contribution in [2.75, 3.05) is 0 Å². The standard InChI is InChI=1S/C16H17ClFNO/c1-11(19)7-13-8-14(17)16(15(18)9-13)20-10-12-5-3-2-4-6-12/h2-6,8-9,11H,7,10,19H2,1H3. The summed E-state index contributed by atoms with van der Waals surface area (Å²) in [6, 6.07) is 12.6. The molecule has 0 heterocycles. The predicted molar refractivity (Wildman–Crippen MR) is 79.5 cm³/mol. The van der Waals surface area contributed by atoms with E-state index >= 15 is 0 Å². The van der Waals surface area contributed by atoms with Gasteiger partial charge in [-0.25, -0.2) is 4.39 Å². The molecule has 0 radical (unpaired) electrons. The van der Waals surface area contributed by atoms with Crippen LogP contribution in [0.1, 0.15) is 18.1 Å². The second-order valence-corrected chi connectivity index (χ2v) is 5.25. The van der Waals surface area contributed by atoms with Crippen molar-refractivity contribution < 1.29 is 9.13 Å². The van der Waals surface area contributed by atoms with Crippen LogP contribution >= 0.6 is 11.6 Å². The Bertz CT molecular complexity index is 549. The van der Waals surface area contributed by atoms with E-state index < -0.39 is 5.82 Å². The molecule has 4 heteroatoms. The number of hydrogen-bond donors (Lipinski definition) is 1. The molecular formula is C16H17ClFNO. The van der Waals surface area contributed by atoms with Crippen molar-refractivity contribution in [3.05, 3.63) is 64.4 Å². The van der Waals surface area contributed by atoms with Gasteiger partial charge in [-0.2, -0.15) is 0 Å². The second-order valence-electron chi connectivity index (χ2n) is 4.84. The molecule has 106 valence electrons. The molecule has 0 aliphatic rings. The van der Waals surface area contributed by atoms with Gasteiger partial charge in [0.2, 0.25) is 0 Å². The molecule has 2 aromatic carbocycles. The Balaban J connectivity index is 2.12. The fourth-order valence-corrected chi connectivity index (χ4v) is 2.25. The van der Waals surface area contributed by atoms with Gasteiger partial charge in [-0.05, 0) is 36.6 Å². The van der Waals surface area contributed by atoms with Crippen molar-refractivity contribution >= 4 is 11.6 Å². The van der Waals surface area contributed by atoms with Crippen LogP contribution in [0.15, 0.2) is 42.5 Å².